The summed E-state index contributed by atoms with van der Waals surface area (Å²) in [6, 6.07) is 5.32. The number of hydrogen-bond acceptors (Lipinski definition) is 4. The molecule has 1 N–H and O–H groups in total. The van der Waals surface area contributed by atoms with E-state index in [2.05, 4.69) is 34.8 Å². The quantitative estimate of drug-likeness (QED) is 0.520. The Balaban J connectivity index is 1.99. The van der Waals surface area contributed by atoms with Gasteiger partial charge in [0.25, 0.3) is 5.91 Å². The predicted octanol–water partition coefficient (Wildman–Crippen LogP) is 3.21. The lowest BCUT2D eigenvalue weighted by molar-refractivity contribution is 0.0887. The number of carbonyl (C=O) groups is 1. The Bertz CT molecular complexity index is 591. The van der Waals surface area contributed by atoms with Crippen LogP contribution in [0, 0.1) is 3.57 Å². The number of halogens is 1. The summed E-state index contributed by atoms with van der Waals surface area (Å²) in [5, 5.41) is 3.30. The maximum atomic E-state index is 12.5. The molecule has 1 aromatic carbocycles. The van der Waals surface area contributed by atoms with Gasteiger partial charge in [0, 0.05) is 25.3 Å². The molecule has 1 heterocycles. The smallest absolute Gasteiger partial charge is 0.257 e. The third-order valence-electron chi connectivity index (χ3n) is 3.86. The van der Waals surface area contributed by atoms with Gasteiger partial charge >= 0.3 is 0 Å². The number of nitrogens with zero attached hydrogens (tertiary/aromatic N) is 1. The van der Waals surface area contributed by atoms with Crippen LogP contribution in [0.25, 0.3) is 0 Å². The highest BCUT2D eigenvalue weighted by atomic mass is 127. The fourth-order valence-corrected chi connectivity index (χ4v) is 3.63. The van der Waals surface area contributed by atoms with Crippen LogP contribution in [0.4, 0.5) is 0 Å². The molecule has 1 unspecified atom stereocenters. The second-order valence-corrected chi connectivity index (χ2v) is 7.24. The highest BCUT2D eigenvalue weighted by Gasteiger charge is 2.21. The van der Waals surface area contributed by atoms with Gasteiger partial charge in [0.15, 0.2) is 5.11 Å². The van der Waals surface area contributed by atoms with Crippen molar-refractivity contribution in [2.45, 2.75) is 32.3 Å². The monoisotopic (exact) mass is 462 g/mol. The van der Waals surface area contributed by atoms with E-state index in [0.29, 0.717) is 10.7 Å². The van der Waals surface area contributed by atoms with Gasteiger partial charge in [-0.15, -0.1) is 0 Å². The second-order valence-electron chi connectivity index (χ2n) is 5.69. The summed E-state index contributed by atoms with van der Waals surface area (Å²) in [6.45, 7) is 4.44. The number of rotatable bonds is 6. The predicted molar refractivity (Wildman–Crippen MR) is 107 cm³/mol. The van der Waals surface area contributed by atoms with Gasteiger partial charge < -0.3 is 14.4 Å². The average Bonchev–Trinajstić information content (AvgIpc) is 3.07. The second kappa shape index (κ2) is 9.53. The highest BCUT2D eigenvalue weighted by molar-refractivity contribution is 14.1. The summed E-state index contributed by atoms with van der Waals surface area (Å²) >= 11 is 7.59. The minimum atomic E-state index is -0.200. The number of ether oxygens (including phenoxy) is 2. The van der Waals surface area contributed by atoms with Crippen molar-refractivity contribution in [2.75, 3.05) is 26.8 Å². The fourth-order valence-electron chi connectivity index (χ4n) is 2.64. The molecule has 1 fully saturated rings. The van der Waals surface area contributed by atoms with Crippen LogP contribution in [-0.2, 0) is 4.74 Å². The molecule has 132 valence electrons. The van der Waals surface area contributed by atoms with Gasteiger partial charge in [-0.2, -0.15) is 0 Å². The van der Waals surface area contributed by atoms with Gasteiger partial charge in [0.1, 0.15) is 5.75 Å². The van der Waals surface area contributed by atoms with Crippen LogP contribution in [0.3, 0.4) is 0 Å². The van der Waals surface area contributed by atoms with Crippen LogP contribution < -0.4 is 10.1 Å². The molecule has 0 spiro atoms. The molecule has 1 saturated heterocycles. The summed E-state index contributed by atoms with van der Waals surface area (Å²) < 4.78 is 11.8. The van der Waals surface area contributed by atoms with Gasteiger partial charge in [-0.25, -0.2) is 0 Å². The van der Waals surface area contributed by atoms with Gasteiger partial charge in [-0.3, -0.25) is 10.1 Å². The number of carbonyl (C=O) groups excluding carboxylic acids is 1. The zero-order valence-electron chi connectivity index (χ0n) is 14.0. The molecule has 0 saturated carbocycles. The van der Waals surface area contributed by atoms with E-state index in [0.717, 1.165) is 48.3 Å². The van der Waals surface area contributed by atoms with Crippen molar-refractivity contribution in [3.8, 4) is 5.75 Å². The number of hydrogen-bond donors (Lipinski definition) is 1. The molecule has 0 aromatic heterocycles. The Labute approximate surface area is 162 Å². The topological polar surface area (TPSA) is 50.8 Å². The molecule has 2 rings (SSSR count). The lowest BCUT2D eigenvalue weighted by Crippen LogP contribution is -2.46. The molecule has 1 aromatic rings. The first-order valence-electron chi connectivity index (χ1n) is 8.10. The summed E-state index contributed by atoms with van der Waals surface area (Å²) in [4.78, 5) is 14.5. The Morgan fingerprint density at radius 3 is 2.92 bits per heavy atom. The maximum Gasteiger partial charge on any atom is 0.257 e. The van der Waals surface area contributed by atoms with Crippen molar-refractivity contribution in [1.82, 2.24) is 10.2 Å². The summed E-state index contributed by atoms with van der Waals surface area (Å²) in [6.07, 6.45) is 3.30. The van der Waals surface area contributed by atoms with E-state index in [1.807, 2.05) is 4.90 Å². The van der Waals surface area contributed by atoms with E-state index in [-0.39, 0.29) is 12.0 Å². The Hall–Kier alpha value is -0.930. The van der Waals surface area contributed by atoms with Crippen molar-refractivity contribution < 1.29 is 14.3 Å². The molecule has 1 atom stereocenters. The van der Waals surface area contributed by atoms with Crippen LogP contribution in [-0.4, -0.2) is 48.8 Å². The zero-order chi connectivity index (χ0) is 17.5. The van der Waals surface area contributed by atoms with Crippen molar-refractivity contribution in [2.24, 2.45) is 0 Å². The van der Waals surface area contributed by atoms with Crippen molar-refractivity contribution in [3.05, 3.63) is 27.3 Å². The summed E-state index contributed by atoms with van der Waals surface area (Å²) in [5.41, 5.74) is 0.566. The first-order chi connectivity index (χ1) is 11.5. The third-order valence-corrected chi connectivity index (χ3v) is 5.07. The standard InChI is InChI=1S/C17H23IN2O3S/c1-3-8-20(11-13-5-4-9-23-13)17(24)19-16(21)12-6-7-15(22-2)14(18)10-12/h6-7,10,13H,3-5,8-9,11H2,1-2H3,(H,19,21,24). The first-order valence-corrected chi connectivity index (χ1v) is 9.59. The Kier molecular flexibility index (Phi) is 7.70. The maximum absolute atomic E-state index is 12.5. The summed E-state index contributed by atoms with van der Waals surface area (Å²) in [5.74, 6) is 0.551. The third kappa shape index (κ3) is 5.29. The molecule has 0 aliphatic carbocycles. The van der Waals surface area contributed by atoms with E-state index < -0.39 is 0 Å². The first kappa shape index (κ1) is 19.4. The number of amides is 1. The largest absolute Gasteiger partial charge is 0.496 e. The van der Waals surface area contributed by atoms with E-state index >= 15 is 0 Å². The van der Waals surface area contributed by atoms with E-state index in [1.165, 1.54) is 0 Å². The minimum absolute atomic E-state index is 0.200. The summed E-state index contributed by atoms with van der Waals surface area (Å²) in [7, 11) is 1.61. The Morgan fingerprint density at radius 2 is 2.33 bits per heavy atom. The molecular formula is C17H23IN2O3S. The van der Waals surface area contributed by atoms with Crippen LogP contribution in [0.15, 0.2) is 18.2 Å². The molecule has 1 aliphatic heterocycles. The normalized spacial score (nSPS) is 16.7. The van der Waals surface area contributed by atoms with Gasteiger partial charge in [-0.1, -0.05) is 6.92 Å². The molecule has 0 bridgehead atoms. The van der Waals surface area contributed by atoms with E-state index in [1.54, 1.807) is 25.3 Å². The van der Waals surface area contributed by atoms with Gasteiger partial charge in [-0.05, 0) is 72.3 Å². The number of nitrogens with one attached hydrogen (secondary N) is 1. The lowest BCUT2D eigenvalue weighted by atomic mass is 10.2. The van der Waals surface area contributed by atoms with Crippen molar-refractivity contribution >= 4 is 45.8 Å². The lowest BCUT2D eigenvalue weighted by Gasteiger charge is -2.27. The van der Waals surface area contributed by atoms with Gasteiger partial charge in [0.05, 0.1) is 16.8 Å². The van der Waals surface area contributed by atoms with Crippen LogP contribution >= 0.6 is 34.8 Å². The Morgan fingerprint density at radius 1 is 1.54 bits per heavy atom. The van der Waals surface area contributed by atoms with Crippen LogP contribution in [0.2, 0.25) is 0 Å². The molecular weight excluding hydrogens is 439 g/mol. The van der Waals surface area contributed by atoms with Crippen LogP contribution in [0.5, 0.6) is 5.75 Å². The highest BCUT2D eigenvalue weighted by Crippen LogP contribution is 2.21. The minimum Gasteiger partial charge on any atom is -0.496 e. The van der Waals surface area contributed by atoms with Gasteiger partial charge in [0.2, 0.25) is 0 Å². The molecule has 1 amide bonds. The molecule has 24 heavy (non-hydrogen) atoms. The molecule has 5 nitrogen and oxygen atoms in total. The molecule has 7 heteroatoms. The molecule has 1 aliphatic rings. The van der Waals surface area contributed by atoms with E-state index in [9.17, 15) is 4.79 Å². The van der Waals surface area contributed by atoms with Crippen LogP contribution in [0.1, 0.15) is 36.5 Å². The fraction of sp³-hybridized carbons (Fsp3) is 0.529. The number of benzene rings is 1. The average molecular weight is 462 g/mol. The molecule has 0 radical (unpaired) electrons. The number of thiocarbonyl (C=S) groups is 1. The van der Waals surface area contributed by atoms with Crippen molar-refractivity contribution in [1.29, 1.82) is 0 Å². The van der Waals surface area contributed by atoms with Crippen molar-refractivity contribution in [3.63, 3.8) is 0 Å². The van der Waals surface area contributed by atoms with E-state index in [4.69, 9.17) is 21.7 Å². The zero-order valence-corrected chi connectivity index (χ0v) is 17.0. The SMILES string of the molecule is CCCN(CC1CCCO1)C(=S)NC(=O)c1ccc(OC)c(I)c1. The number of methoxy groups -OCH3 is 1.